The monoisotopic (exact) mass is 496 g/mol. The highest BCUT2D eigenvalue weighted by Crippen LogP contribution is 2.35. The Bertz CT molecular complexity index is 1560. The van der Waals surface area contributed by atoms with E-state index in [1.54, 1.807) is 41.9 Å². The Balaban J connectivity index is 1.56. The van der Waals surface area contributed by atoms with Crippen molar-refractivity contribution < 1.29 is 4.39 Å². The minimum atomic E-state index is -0.276. The zero-order valence-electron chi connectivity index (χ0n) is 21.4. The maximum Gasteiger partial charge on any atom is 0.270 e. The van der Waals surface area contributed by atoms with Crippen molar-refractivity contribution in [3.8, 4) is 0 Å². The molecule has 3 aromatic heterocycles. The topological polar surface area (TPSA) is 58.6 Å². The molecule has 0 amide bonds. The molecular formula is C29H29FN6O. The summed E-state index contributed by atoms with van der Waals surface area (Å²) in [5.41, 5.74) is 4.74. The van der Waals surface area contributed by atoms with E-state index in [2.05, 4.69) is 33.5 Å². The maximum absolute atomic E-state index is 14.3. The van der Waals surface area contributed by atoms with Gasteiger partial charge in [-0.25, -0.2) is 4.39 Å². The van der Waals surface area contributed by atoms with Crippen LogP contribution in [0.5, 0.6) is 0 Å². The van der Waals surface area contributed by atoms with Crippen LogP contribution in [0.3, 0.4) is 0 Å². The lowest BCUT2D eigenvalue weighted by Crippen LogP contribution is -2.57. The van der Waals surface area contributed by atoms with E-state index in [9.17, 15) is 9.18 Å². The predicted octanol–water partition coefficient (Wildman–Crippen LogP) is 5.02. The Morgan fingerprint density at radius 2 is 1.89 bits per heavy atom. The second-order valence-electron chi connectivity index (χ2n) is 9.84. The van der Waals surface area contributed by atoms with E-state index in [1.807, 2.05) is 31.3 Å². The first-order valence-electron chi connectivity index (χ1n) is 12.4. The predicted molar refractivity (Wildman–Crippen MR) is 143 cm³/mol. The van der Waals surface area contributed by atoms with E-state index in [1.165, 1.54) is 6.07 Å². The number of benzene rings is 1. The van der Waals surface area contributed by atoms with Crippen LogP contribution in [0, 0.1) is 19.3 Å². The number of pyridine rings is 3. The van der Waals surface area contributed by atoms with Crippen molar-refractivity contribution in [1.82, 2.24) is 19.4 Å². The molecule has 0 aliphatic carbocycles. The van der Waals surface area contributed by atoms with Gasteiger partial charge in [0, 0.05) is 44.5 Å². The van der Waals surface area contributed by atoms with Gasteiger partial charge in [0.1, 0.15) is 5.82 Å². The van der Waals surface area contributed by atoms with Crippen molar-refractivity contribution in [2.75, 3.05) is 18.0 Å². The van der Waals surface area contributed by atoms with Gasteiger partial charge in [-0.2, -0.15) is 0 Å². The first kappa shape index (κ1) is 24.6. The molecule has 0 spiro atoms. The molecule has 1 aliphatic heterocycles. The molecular weight excluding hydrogens is 467 g/mol. The van der Waals surface area contributed by atoms with E-state index in [0.29, 0.717) is 29.9 Å². The Labute approximate surface area is 215 Å². The van der Waals surface area contributed by atoms with Gasteiger partial charge in [0.2, 0.25) is 5.52 Å². The SMILES string of the molecule is [C-]#[N+]c1ccc2c(n1)c(N1C[C@@H](C)N(C(c3cccc(F)c3)c3ccc(C)cn3)C[C@@H]1C)cc(=O)n2C. The smallest absolute Gasteiger partial charge is 0.270 e. The highest BCUT2D eigenvalue weighted by molar-refractivity contribution is 5.89. The molecule has 0 radical (unpaired) electrons. The number of fused-ring (bicyclic) bond motifs is 1. The van der Waals surface area contributed by atoms with Gasteiger partial charge in [-0.05, 0) is 62.2 Å². The average molecular weight is 497 g/mol. The molecule has 5 rings (SSSR count). The van der Waals surface area contributed by atoms with Crippen LogP contribution in [-0.2, 0) is 7.05 Å². The molecule has 8 heteroatoms. The first-order chi connectivity index (χ1) is 17.8. The van der Waals surface area contributed by atoms with Crippen LogP contribution in [0.25, 0.3) is 15.9 Å². The van der Waals surface area contributed by atoms with E-state index in [-0.39, 0.29) is 29.5 Å². The first-order valence-corrected chi connectivity index (χ1v) is 12.4. The molecule has 37 heavy (non-hydrogen) atoms. The lowest BCUT2D eigenvalue weighted by molar-refractivity contribution is 0.127. The molecule has 0 bridgehead atoms. The van der Waals surface area contributed by atoms with Crippen LogP contribution in [-0.4, -0.2) is 44.6 Å². The minimum absolute atomic E-state index is 0.0198. The number of hydrogen-bond donors (Lipinski definition) is 0. The molecule has 0 saturated carbocycles. The quantitative estimate of drug-likeness (QED) is 0.372. The molecule has 1 unspecified atom stereocenters. The van der Waals surface area contributed by atoms with Crippen LogP contribution >= 0.6 is 0 Å². The number of anilines is 1. The van der Waals surface area contributed by atoms with Crippen molar-refractivity contribution in [3.05, 3.63) is 105 Å². The molecule has 0 N–H and O–H groups in total. The van der Waals surface area contributed by atoms with Gasteiger partial charge in [0.05, 0.1) is 22.9 Å². The van der Waals surface area contributed by atoms with Gasteiger partial charge in [-0.1, -0.05) is 24.8 Å². The molecule has 188 valence electrons. The summed E-state index contributed by atoms with van der Waals surface area (Å²) in [6.07, 6.45) is 1.85. The summed E-state index contributed by atoms with van der Waals surface area (Å²) in [7, 11) is 1.72. The number of aryl methyl sites for hydroxylation is 2. The lowest BCUT2D eigenvalue weighted by atomic mass is 9.96. The fourth-order valence-corrected chi connectivity index (χ4v) is 5.28. The molecule has 1 aromatic carbocycles. The summed E-state index contributed by atoms with van der Waals surface area (Å²) in [4.78, 5) is 30.2. The number of nitrogens with zero attached hydrogens (tertiary/aromatic N) is 6. The summed E-state index contributed by atoms with van der Waals surface area (Å²) >= 11 is 0. The zero-order valence-corrected chi connectivity index (χ0v) is 21.4. The van der Waals surface area contributed by atoms with Crippen molar-refractivity contribution in [2.45, 2.75) is 38.9 Å². The number of aromatic nitrogens is 3. The number of rotatable bonds is 4. The molecule has 7 nitrogen and oxygen atoms in total. The third-order valence-corrected chi connectivity index (χ3v) is 7.22. The number of halogens is 1. The van der Waals surface area contributed by atoms with E-state index in [4.69, 9.17) is 11.6 Å². The van der Waals surface area contributed by atoms with Crippen molar-refractivity contribution >= 4 is 22.5 Å². The molecule has 3 atom stereocenters. The lowest BCUT2D eigenvalue weighted by Gasteiger charge is -2.48. The summed E-state index contributed by atoms with van der Waals surface area (Å²) in [6.45, 7) is 15.0. The molecule has 1 aliphatic rings. The fourth-order valence-electron chi connectivity index (χ4n) is 5.28. The fraction of sp³-hybridized carbons (Fsp3) is 0.310. The van der Waals surface area contributed by atoms with E-state index >= 15 is 0 Å². The Morgan fingerprint density at radius 1 is 1.08 bits per heavy atom. The van der Waals surface area contributed by atoms with Crippen LogP contribution in [0.2, 0.25) is 0 Å². The second-order valence-corrected chi connectivity index (χ2v) is 9.84. The van der Waals surface area contributed by atoms with E-state index < -0.39 is 0 Å². The molecule has 1 saturated heterocycles. The highest BCUT2D eigenvalue weighted by Gasteiger charge is 2.37. The summed E-state index contributed by atoms with van der Waals surface area (Å²) in [6, 6.07) is 15.7. The van der Waals surface area contributed by atoms with Crippen molar-refractivity contribution in [1.29, 1.82) is 0 Å². The third-order valence-electron chi connectivity index (χ3n) is 7.22. The molecule has 1 fully saturated rings. The summed E-state index contributed by atoms with van der Waals surface area (Å²) < 4.78 is 15.9. The second kappa shape index (κ2) is 9.75. The van der Waals surface area contributed by atoms with Gasteiger partial charge < -0.3 is 14.3 Å². The largest absolute Gasteiger partial charge is 0.362 e. The highest BCUT2D eigenvalue weighted by atomic mass is 19.1. The van der Waals surface area contributed by atoms with Crippen LogP contribution in [0.1, 0.15) is 36.7 Å². The van der Waals surface area contributed by atoms with E-state index in [0.717, 1.165) is 22.5 Å². The van der Waals surface area contributed by atoms with Crippen molar-refractivity contribution in [2.24, 2.45) is 7.05 Å². The zero-order chi connectivity index (χ0) is 26.3. The third kappa shape index (κ3) is 4.58. The number of piperazine rings is 1. The van der Waals surface area contributed by atoms with Crippen molar-refractivity contribution in [3.63, 3.8) is 0 Å². The van der Waals surface area contributed by atoms with Gasteiger partial charge in [-0.3, -0.25) is 14.7 Å². The standard InChI is InChI=1S/C29H29FN6O/c1-18-9-10-23(32-15-18)29(21-7-6-8-22(30)13-21)36-17-19(2)35(16-20(36)3)25-14-27(37)34(5)24-11-12-26(31-4)33-28(24)25/h6-15,19-20,29H,16-17H2,1-3,5H3/t19-,20+,29?/m0/s1. The average Bonchev–Trinajstić information content (AvgIpc) is 2.89. The van der Waals surface area contributed by atoms with Crippen LogP contribution in [0.15, 0.2) is 65.6 Å². The number of hydrogen-bond acceptors (Lipinski definition) is 5. The Morgan fingerprint density at radius 3 is 2.59 bits per heavy atom. The Hall–Kier alpha value is -4.09. The van der Waals surface area contributed by atoms with Crippen LogP contribution < -0.4 is 10.5 Å². The van der Waals surface area contributed by atoms with Gasteiger partial charge >= 0.3 is 0 Å². The molecule has 4 aromatic rings. The Kier molecular flexibility index (Phi) is 6.48. The maximum atomic E-state index is 14.3. The summed E-state index contributed by atoms with van der Waals surface area (Å²) in [5.74, 6) is 0.0191. The minimum Gasteiger partial charge on any atom is -0.362 e. The van der Waals surface area contributed by atoms with Gasteiger partial charge in [-0.15, -0.1) is 4.98 Å². The van der Waals surface area contributed by atoms with Gasteiger partial charge in [0.15, 0.2) is 0 Å². The summed E-state index contributed by atoms with van der Waals surface area (Å²) in [5, 5.41) is 0. The molecule has 4 heterocycles. The van der Waals surface area contributed by atoms with Gasteiger partial charge in [0.25, 0.3) is 11.4 Å². The van der Waals surface area contributed by atoms with Crippen LogP contribution in [0.4, 0.5) is 15.9 Å². The normalized spacial score (nSPS) is 19.1.